The van der Waals surface area contributed by atoms with Gasteiger partial charge in [0.05, 0.1) is 6.61 Å². The molecule has 154 valence electrons. The van der Waals surface area contributed by atoms with Gasteiger partial charge >= 0.3 is 6.18 Å². The molecule has 1 aliphatic rings. The van der Waals surface area contributed by atoms with Gasteiger partial charge in [0, 0.05) is 5.92 Å². The summed E-state index contributed by atoms with van der Waals surface area (Å²) < 4.78 is 42.3. The molecule has 1 rings (SSSR count). The highest BCUT2D eigenvalue weighted by Crippen LogP contribution is 2.44. The molecular weight excluding hydrogens is 337 g/mol. The third-order valence-electron chi connectivity index (χ3n) is 5.15. The number of hydrogen-bond donors (Lipinski definition) is 0. The van der Waals surface area contributed by atoms with Crippen LogP contribution in [0.25, 0.3) is 0 Å². The van der Waals surface area contributed by atoms with Gasteiger partial charge in [0.1, 0.15) is 6.61 Å². The van der Waals surface area contributed by atoms with Crippen molar-refractivity contribution < 1.29 is 17.9 Å². The van der Waals surface area contributed by atoms with Gasteiger partial charge in [-0.15, -0.1) is 0 Å². The Morgan fingerprint density at radius 3 is 2.27 bits per heavy atom. The summed E-state index contributed by atoms with van der Waals surface area (Å²) in [5, 5.41) is 0. The zero-order valence-electron chi connectivity index (χ0n) is 17.6. The number of ether oxygens (including phenoxy) is 1. The minimum Gasteiger partial charge on any atom is -0.371 e. The molecule has 26 heavy (non-hydrogen) atoms. The van der Waals surface area contributed by atoms with Crippen LogP contribution >= 0.6 is 0 Å². The number of alkyl halides is 3. The quantitative estimate of drug-likeness (QED) is 0.298. The van der Waals surface area contributed by atoms with Gasteiger partial charge in [-0.25, -0.2) is 0 Å². The third kappa shape index (κ3) is 9.99. The SMILES string of the molecule is CCCCCC(C)(C)/C=C1/CC(CC(C)(C)C)CC1COCC(F)(F)F. The van der Waals surface area contributed by atoms with Crippen LogP contribution in [0.3, 0.4) is 0 Å². The topological polar surface area (TPSA) is 9.23 Å². The number of unbranched alkanes of at least 4 members (excludes halogenated alkanes) is 2. The standard InChI is InChI=1S/C22H39F3O/c1-7-8-9-10-21(5,6)14-18-11-17(13-20(2,3)4)12-19(18)15-26-16-22(23,24)25/h14,17,19H,7-13,15-16H2,1-6H3/b18-14-. The Morgan fingerprint density at radius 1 is 1.08 bits per heavy atom. The summed E-state index contributed by atoms with van der Waals surface area (Å²) in [4.78, 5) is 0. The fourth-order valence-electron chi connectivity index (χ4n) is 4.23. The maximum Gasteiger partial charge on any atom is 0.411 e. The van der Waals surface area contributed by atoms with Crippen LogP contribution in [0, 0.1) is 22.7 Å². The smallest absolute Gasteiger partial charge is 0.371 e. The molecule has 0 spiro atoms. The molecule has 1 fully saturated rings. The number of halogens is 3. The van der Waals surface area contributed by atoms with Crippen molar-refractivity contribution in [1.29, 1.82) is 0 Å². The van der Waals surface area contributed by atoms with Gasteiger partial charge < -0.3 is 4.74 Å². The zero-order chi connectivity index (χ0) is 20.0. The van der Waals surface area contributed by atoms with E-state index in [0.29, 0.717) is 5.92 Å². The molecule has 0 aliphatic heterocycles. The van der Waals surface area contributed by atoms with Crippen LogP contribution in [0.1, 0.15) is 86.5 Å². The van der Waals surface area contributed by atoms with Crippen LogP contribution in [-0.2, 0) is 4.74 Å². The first-order chi connectivity index (χ1) is 11.8. The van der Waals surface area contributed by atoms with Gasteiger partial charge in [-0.1, -0.05) is 72.5 Å². The van der Waals surface area contributed by atoms with Crippen LogP contribution < -0.4 is 0 Å². The second-order valence-electron chi connectivity index (χ2n) is 10.1. The van der Waals surface area contributed by atoms with Gasteiger partial charge in [-0.3, -0.25) is 0 Å². The molecule has 1 saturated carbocycles. The lowest BCUT2D eigenvalue weighted by Crippen LogP contribution is -2.20. The van der Waals surface area contributed by atoms with Crippen molar-refractivity contribution in [3.63, 3.8) is 0 Å². The monoisotopic (exact) mass is 376 g/mol. The molecule has 0 N–H and O–H groups in total. The fraction of sp³-hybridized carbons (Fsp3) is 0.909. The summed E-state index contributed by atoms with van der Waals surface area (Å²) in [5.41, 5.74) is 1.67. The van der Waals surface area contributed by atoms with Gasteiger partial charge in [0.15, 0.2) is 0 Å². The lowest BCUT2D eigenvalue weighted by Gasteiger charge is -2.23. The van der Waals surface area contributed by atoms with E-state index in [1.807, 2.05) is 0 Å². The fourth-order valence-corrected chi connectivity index (χ4v) is 4.23. The van der Waals surface area contributed by atoms with Gasteiger partial charge in [0.25, 0.3) is 0 Å². The van der Waals surface area contributed by atoms with Crippen LogP contribution in [0.2, 0.25) is 0 Å². The summed E-state index contributed by atoms with van der Waals surface area (Å²) in [6.45, 7) is 12.5. The van der Waals surface area contributed by atoms with E-state index in [0.717, 1.165) is 25.7 Å². The predicted molar refractivity (Wildman–Crippen MR) is 103 cm³/mol. The molecule has 0 aromatic heterocycles. The minimum absolute atomic E-state index is 0.101. The van der Waals surface area contributed by atoms with Crippen molar-refractivity contribution in [3.05, 3.63) is 11.6 Å². The summed E-state index contributed by atoms with van der Waals surface area (Å²) in [6, 6.07) is 0. The lowest BCUT2D eigenvalue weighted by atomic mass is 9.82. The highest BCUT2D eigenvalue weighted by molar-refractivity contribution is 5.17. The second-order valence-corrected chi connectivity index (χ2v) is 10.1. The van der Waals surface area contributed by atoms with Crippen LogP contribution in [0.5, 0.6) is 0 Å². The van der Waals surface area contributed by atoms with Crippen molar-refractivity contribution in [2.75, 3.05) is 13.2 Å². The van der Waals surface area contributed by atoms with Crippen molar-refractivity contribution in [2.24, 2.45) is 22.7 Å². The van der Waals surface area contributed by atoms with E-state index >= 15 is 0 Å². The van der Waals surface area contributed by atoms with E-state index in [9.17, 15) is 13.2 Å². The molecule has 1 aliphatic carbocycles. The Morgan fingerprint density at radius 2 is 1.73 bits per heavy atom. The van der Waals surface area contributed by atoms with Crippen LogP contribution in [-0.4, -0.2) is 19.4 Å². The van der Waals surface area contributed by atoms with Crippen molar-refractivity contribution in [1.82, 2.24) is 0 Å². The van der Waals surface area contributed by atoms with Gasteiger partial charge in [-0.05, 0) is 42.4 Å². The van der Waals surface area contributed by atoms with E-state index in [-0.39, 0.29) is 23.4 Å². The molecule has 2 unspecified atom stereocenters. The highest BCUT2D eigenvalue weighted by Gasteiger charge is 2.34. The molecule has 0 saturated heterocycles. The molecule has 0 aromatic rings. The van der Waals surface area contributed by atoms with E-state index in [4.69, 9.17) is 4.74 Å². The van der Waals surface area contributed by atoms with Gasteiger partial charge in [0.2, 0.25) is 0 Å². The maximum atomic E-state index is 12.4. The summed E-state index contributed by atoms with van der Waals surface area (Å²) in [5.74, 6) is 0.683. The first kappa shape index (κ1) is 23.5. The Hall–Kier alpha value is -0.510. The average Bonchev–Trinajstić information content (AvgIpc) is 2.76. The van der Waals surface area contributed by atoms with Crippen LogP contribution in [0.4, 0.5) is 13.2 Å². The highest BCUT2D eigenvalue weighted by atomic mass is 19.4. The Balaban J connectivity index is 2.78. The van der Waals surface area contributed by atoms with Crippen molar-refractivity contribution >= 4 is 0 Å². The van der Waals surface area contributed by atoms with Crippen molar-refractivity contribution in [2.45, 2.75) is 92.7 Å². The second kappa shape index (κ2) is 9.61. The molecule has 0 radical (unpaired) electrons. The lowest BCUT2D eigenvalue weighted by molar-refractivity contribution is -0.175. The Labute approximate surface area is 158 Å². The average molecular weight is 377 g/mol. The molecule has 2 atom stereocenters. The predicted octanol–water partition coefficient (Wildman–Crippen LogP) is 7.56. The molecule has 0 heterocycles. The first-order valence-electron chi connectivity index (χ1n) is 10.2. The van der Waals surface area contributed by atoms with E-state index in [1.54, 1.807) is 0 Å². The zero-order valence-corrected chi connectivity index (χ0v) is 17.6. The number of allylic oxidation sites excluding steroid dienone is 1. The molecule has 4 heteroatoms. The van der Waals surface area contributed by atoms with E-state index in [2.05, 4.69) is 47.6 Å². The minimum atomic E-state index is -4.24. The van der Waals surface area contributed by atoms with E-state index < -0.39 is 12.8 Å². The molecule has 0 amide bonds. The van der Waals surface area contributed by atoms with E-state index in [1.165, 1.54) is 24.8 Å². The normalized spacial score (nSPS) is 23.8. The first-order valence-corrected chi connectivity index (χ1v) is 10.2. The molecule has 0 bridgehead atoms. The third-order valence-corrected chi connectivity index (χ3v) is 5.15. The summed E-state index contributed by atoms with van der Waals surface area (Å²) in [6.07, 6.45) is 5.94. The Bertz CT molecular complexity index is 443. The summed E-state index contributed by atoms with van der Waals surface area (Å²) >= 11 is 0. The van der Waals surface area contributed by atoms with Crippen LogP contribution in [0.15, 0.2) is 11.6 Å². The molecule has 0 aromatic carbocycles. The van der Waals surface area contributed by atoms with Gasteiger partial charge in [-0.2, -0.15) is 13.2 Å². The number of rotatable bonds is 9. The molecule has 1 nitrogen and oxygen atoms in total. The largest absolute Gasteiger partial charge is 0.411 e. The summed E-state index contributed by atoms with van der Waals surface area (Å²) in [7, 11) is 0. The Kier molecular flexibility index (Phi) is 8.70. The maximum absolute atomic E-state index is 12.4. The van der Waals surface area contributed by atoms with Crippen molar-refractivity contribution in [3.8, 4) is 0 Å². The number of hydrogen-bond acceptors (Lipinski definition) is 1. The molecular formula is C22H39F3O.